The number of nitrogens with one attached hydrogen (secondary N) is 1. The maximum Gasteiger partial charge on any atom is 0.325 e. The Balaban J connectivity index is 1.92. The number of amides is 3. The minimum atomic E-state index is -1.15. The molecule has 1 atom stereocenters. The highest BCUT2D eigenvalue weighted by Gasteiger charge is 2.48. The zero-order valence-corrected chi connectivity index (χ0v) is 13.7. The van der Waals surface area contributed by atoms with Crippen LogP contribution in [0.4, 0.5) is 4.79 Å². The van der Waals surface area contributed by atoms with Crippen LogP contribution in [-0.2, 0) is 16.9 Å². The first-order chi connectivity index (χ1) is 11.5. The van der Waals surface area contributed by atoms with Gasteiger partial charge < -0.3 is 5.32 Å². The van der Waals surface area contributed by atoms with Crippen LogP contribution in [0.25, 0.3) is 0 Å². The number of carbonyl (C=O) groups is 2. The molecule has 0 bridgehead atoms. The van der Waals surface area contributed by atoms with Gasteiger partial charge >= 0.3 is 6.03 Å². The fourth-order valence-electron chi connectivity index (χ4n) is 2.76. The summed E-state index contributed by atoms with van der Waals surface area (Å²) in [4.78, 5) is 26.3. The summed E-state index contributed by atoms with van der Waals surface area (Å²) in [6.45, 7) is 1.71. The van der Waals surface area contributed by atoms with Crippen molar-refractivity contribution in [2.45, 2.75) is 19.0 Å². The van der Waals surface area contributed by atoms with Gasteiger partial charge in [0.1, 0.15) is 5.54 Å². The molecule has 24 heavy (non-hydrogen) atoms. The molecule has 3 rings (SSSR count). The van der Waals surface area contributed by atoms with Gasteiger partial charge in [-0.1, -0.05) is 41.9 Å². The molecule has 1 aliphatic heterocycles. The average Bonchev–Trinajstić information content (AvgIpc) is 2.80. The monoisotopic (exact) mass is 339 g/mol. The van der Waals surface area contributed by atoms with Gasteiger partial charge in [0.2, 0.25) is 0 Å². The van der Waals surface area contributed by atoms with E-state index in [9.17, 15) is 9.59 Å². The van der Waals surface area contributed by atoms with E-state index in [2.05, 4.69) is 11.4 Å². The average molecular weight is 340 g/mol. The Morgan fingerprint density at radius 2 is 1.83 bits per heavy atom. The minimum absolute atomic E-state index is 0.0532. The molecule has 0 spiro atoms. The third-order valence-electron chi connectivity index (χ3n) is 4.16. The molecule has 0 unspecified atom stereocenters. The lowest BCUT2D eigenvalue weighted by atomic mass is 9.92. The normalized spacial score (nSPS) is 20.0. The van der Waals surface area contributed by atoms with E-state index in [1.807, 2.05) is 0 Å². The van der Waals surface area contributed by atoms with Crippen LogP contribution in [0.2, 0.25) is 5.02 Å². The number of hydrogen-bond donors (Lipinski definition) is 1. The molecule has 5 nitrogen and oxygen atoms in total. The van der Waals surface area contributed by atoms with Crippen molar-refractivity contribution in [1.82, 2.24) is 10.2 Å². The van der Waals surface area contributed by atoms with Crippen LogP contribution < -0.4 is 5.32 Å². The van der Waals surface area contributed by atoms with Gasteiger partial charge in [-0.15, -0.1) is 0 Å². The van der Waals surface area contributed by atoms with E-state index in [1.54, 1.807) is 55.5 Å². The molecule has 1 fully saturated rings. The number of hydrogen-bond acceptors (Lipinski definition) is 3. The molecule has 0 aliphatic carbocycles. The van der Waals surface area contributed by atoms with Crippen molar-refractivity contribution in [3.8, 4) is 6.07 Å². The SMILES string of the molecule is C[C@@]1(c2ccc(Cl)cc2)NC(=O)N(Cc2ccccc2C#N)C1=O. The fourth-order valence-corrected chi connectivity index (χ4v) is 2.88. The molecule has 2 aromatic rings. The Labute approximate surface area is 144 Å². The number of imide groups is 1. The smallest absolute Gasteiger partial charge is 0.319 e. The van der Waals surface area contributed by atoms with Crippen molar-refractivity contribution in [1.29, 1.82) is 5.26 Å². The van der Waals surface area contributed by atoms with E-state index in [0.29, 0.717) is 21.7 Å². The van der Waals surface area contributed by atoms with Crippen molar-refractivity contribution in [2.24, 2.45) is 0 Å². The number of benzene rings is 2. The predicted molar refractivity (Wildman–Crippen MR) is 89.0 cm³/mol. The predicted octanol–water partition coefficient (Wildman–Crippen LogP) is 3.18. The van der Waals surface area contributed by atoms with Crippen LogP contribution in [-0.4, -0.2) is 16.8 Å². The summed E-state index contributed by atoms with van der Waals surface area (Å²) >= 11 is 5.88. The van der Waals surface area contributed by atoms with Gasteiger partial charge in [0, 0.05) is 5.02 Å². The molecule has 1 heterocycles. The van der Waals surface area contributed by atoms with E-state index < -0.39 is 11.6 Å². The first-order valence-corrected chi connectivity index (χ1v) is 7.71. The highest BCUT2D eigenvalue weighted by atomic mass is 35.5. The topological polar surface area (TPSA) is 73.2 Å². The second kappa shape index (κ2) is 5.99. The van der Waals surface area contributed by atoms with Crippen molar-refractivity contribution in [3.63, 3.8) is 0 Å². The van der Waals surface area contributed by atoms with Gasteiger partial charge in [-0.3, -0.25) is 9.69 Å². The molecule has 6 heteroatoms. The fraction of sp³-hybridized carbons (Fsp3) is 0.167. The lowest BCUT2D eigenvalue weighted by Gasteiger charge is -2.22. The summed E-state index contributed by atoms with van der Waals surface area (Å²) < 4.78 is 0. The maximum atomic E-state index is 12.9. The van der Waals surface area contributed by atoms with Crippen LogP contribution in [0.5, 0.6) is 0 Å². The lowest BCUT2D eigenvalue weighted by molar-refractivity contribution is -0.131. The Hall–Kier alpha value is -2.84. The van der Waals surface area contributed by atoms with Crippen LogP contribution in [0.15, 0.2) is 48.5 Å². The molecule has 1 saturated heterocycles. The molecule has 1 N–H and O–H groups in total. The highest BCUT2D eigenvalue weighted by Crippen LogP contribution is 2.30. The van der Waals surface area contributed by atoms with Gasteiger partial charge in [-0.2, -0.15) is 5.26 Å². The second-order valence-electron chi connectivity index (χ2n) is 5.72. The second-order valence-corrected chi connectivity index (χ2v) is 6.16. The van der Waals surface area contributed by atoms with Crippen molar-refractivity contribution >= 4 is 23.5 Å². The van der Waals surface area contributed by atoms with Gasteiger partial charge in [-0.25, -0.2) is 4.79 Å². The zero-order chi connectivity index (χ0) is 17.3. The Morgan fingerprint density at radius 3 is 2.50 bits per heavy atom. The number of carbonyl (C=O) groups excluding carboxylic acids is 2. The summed E-state index contributed by atoms with van der Waals surface area (Å²) in [5.74, 6) is -0.359. The molecule has 3 amide bonds. The molecular formula is C18H14ClN3O2. The summed E-state index contributed by atoms with van der Waals surface area (Å²) in [5.41, 5.74) is 0.576. The Kier molecular flexibility index (Phi) is 4.00. The van der Waals surface area contributed by atoms with Crippen molar-refractivity contribution in [2.75, 3.05) is 0 Å². The maximum absolute atomic E-state index is 12.9. The van der Waals surface area contributed by atoms with Gasteiger partial charge in [-0.05, 0) is 36.2 Å². The third kappa shape index (κ3) is 2.61. The number of rotatable bonds is 3. The molecular weight excluding hydrogens is 326 g/mol. The third-order valence-corrected chi connectivity index (χ3v) is 4.41. The molecule has 1 aliphatic rings. The molecule has 0 saturated carbocycles. The standard InChI is InChI=1S/C18H14ClN3O2/c1-18(14-6-8-15(19)9-7-14)16(23)22(17(24)21-18)11-13-5-3-2-4-12(13)10-20/h2-9H,11H2,1H3,(H,21,24)/t18-/m0/s1. The lowest BCUT2D eigenvalue weighted by Crippen LogP contribution is -2.40. The van der Waals surface area contributed by atoms with Crippen LogP contribution >= 0.6 is 11.6 Å². The van der Waals surface area contributed by atoms with Crippen molar-refractivity contribution < 1.29 is 9.59 Å². The van der Waals surface area contributed by atoms with Gasteiger partial charge in [0.25, 0.3) is 5.91 Å². The number of halogens is 1. The van der Waals surface area contributed by atoms with E-state index in [-0.39, 0.29) is 12.5 Å². The van der Waals surface area contributed by atoms with E-state index >= 15 is 0 Å². The largest absolute Gasteiger partial charge is 0.325 e. The molecule has 2 aromatic carbocycles. The molecule has 0 radical (unpaired) electrons. The number of nitrogens with zero attached hydrogens (tertiary/aromatic N) is 2. The van der Waals surface area contributed by atoms with Gasteiger partial charge in [0.05, 0.1) is 18.2 Å². The van der Waals surface area contributed by atoms with Crippen molar-refractivity contribution in [3.05, 3.63) is 70.2 Å². The summed E-state index contributed by atoms with van der Waals surface area (Å²) in [5, 5.41) is 12.5. The van der Waals surface area contributed by atoms with Crippen LogP contribution in [0.3, 0.4) is 0 Å². The summed E-state index contributed by atoms with van der Waals surface area (Å²) in [6.07, 6.45) is 0. The van der Waals surface area contributed by atoms with E-state index in [0.717, 1.165) is 4.90 Å². The molecule has 120 valence electrons. The summed E-state index contributed by atoms with van der Waals surface area (Å²) in [6, 6.07) is 15.3. The molecule has 0 aromatic heterocycles. The highest BCUT2D eigenvalue weighted by molar-refractivity contribution is 6.30. The van der Waals surface area contributed by atoms with E-state index in [4.69, 9.17) is 16.9 Å². The quantitative estimate of drug-likeness (QED) is 0.873. The number of urea groups is 1. The Morgan fingerprint density at radius 1 is 1.17 bits per heavy atom. The Bertz CT molecular complexity index is 857. The summed E-state index contributed by atoms with van der Waals surface area (Å²) in [7, 11) is 0. The first kappa shape index (κ1) is 16.0. The number of nitriles is 1. The van der Waals surface area contributed by atoms with E-state index in [1.165, 1.54) is 0 Å². The minimum Gasteiger partial charge on any atom is -0.319 e. The van der Waals surface area contributed by atoms with Crippen LogP contribution in [0, 0.1) is 11.3 Å². The zero-order valence-electron chi connectivity index (χ0n) is 12.9. The van der Waals surface area contributed by atoms with Crippen LogP contribution in [0.1, 0.15) is 23.6 Å². The first-order valence-electron chi connectivity index (χ1n) is 7.34. The van der Waals surface area contributed by atoms with Gasteiger partial charge in [0.15, 0.2) is 0 Å².